The molecule has 144 valence electrons. The van der Waals surface area contributed by atoms with E-state index in [1.807, 2.05) is 30.3 Å². The van der Waals surface area contributed by atoms with Gasteiger partial charge >= 0.3 is 0 Å². The van der Waals surface area contributed by atoms with E-state index in [2.05, 4.69) is 15.6 Å². The molecular weight excluding hydrogens is 380 g/mol. The molecule has 1 heterocycles. The predicted octanol–water partition coefficient (Wildman–Crippen LogP) is 2.75. The van der Waals surface area contributed by atoms with Crippen molar-refractivity contribution in [2.24, 2.45) is 4.99 Å². The summed E-state index contributed by atoms with van der Waals surface area (Å²) in [5.41, 5.74) is 1.37. The van der Waals surface area contributed by atoms with Gasteiger partial charge in [-0.05, 0) is 18.1 Å². The Morgan fingerprint density at radius 1 is 1.21 bits per heavy atom. The van der Waals surface area contributed by atoms with E-state index in [0.29, 0.717) is 17.4 Å². The summed E-state index contributed by atoms with van der Waals surface area (Å²) >= 11 is 1.22. The molecule has 28 heavy (non-hydrogen) atoms. The van der Waals surface area contributed by atoms with Crippen molar-refractivity contribution < 1.29 is 14.5 Å². The zero-order valence-electron chi connectivity index (χ0n) is 14.8. The molecule has 2 aromatic rings. The normalized spacial score (nSPS) is 17.4. The van der Waals surface area contributed by atoms with Crippen LogP contribution in [0.4, 0.5) is 11.4 Å². The van der Waals surface area contributed by atoms with E-state index in [9.17, 15) is 19.7 Å². The summed E-state index contributed by atoms with van der Waals surface area (Å²) in [7, 11) is 0. The van der Waals surface area contributed by atoms with Gasteiger partial charge in [0.1, 0.15) is 5.25 Å². The molecule has 0 spiro atoms. The van der Waals surface area contributed by atoms with Crippen LogP contribution in [0, 0.1) is 10.1 Å². The number of rotatable bonds is 7. The molecule has 1 aliphatic heterocycles. The average Bonchev–Trinajstić information content (AvgIpc) is 3.02. The summed E-state index contributed by atoms with van der Waals surface area (Å²) in [6, 6.07) is 15.6. The summed E-state index contributed by atoms with van der Waals surface area (Å²) in [6.07, 6.45) is 0.718. The van der Waals surface area contributed by atoms with Crippen LogP contribution in [-0.2, 0) is 16.0 Å². The lowest BCUT2D eigenvalue weighted by Crippen LogP contribution is -2.28. The summed E-state index contributed by atoms with van der Waals surface area (Å²) < 4.78 is 0. The van der Waals surface area contributed by atoms with Crippen molar-refractivity contribution in [3.63, 3.8) is 0 Å². The Labute approximate surface area is 165 Å². The Hall–Kier alpha value is -3.20. The second kappa shape index (κ2) is 9.14. The first-order valence-corrected chi connectivity index (χ1v) is 9.49. The molecule has 1 saturated heterocycles. The fraction of sp³-hybridized carbons (Fsp3) is 0.211. The number of nitro groups is 1. The summed E-state index contributed by atoms with van der Waals surface area (Å²) in [6.45, 7) is 0.541. The maximum absolute atomic E-state index is 12.2. The number of hydrogen-bond donors (Lipinski definition) is 2. The smallest absolute Gasteiger partial charge is 0.271 e. The van der Waals surface area contributed by atoms with E-state index >= 15 is 0 Å². The number of nitrogens with one attached hydrogen (secondary N) is 2. The van der Waals surface area contributed by atoms with Crippen molar-refractivity contribution in [2.75, 3.05) is 11.9 Å². The second-order valence-electron chi connectivity index (χ2n) is 6.08. The first-order chi connectivity index (χ1) is 13.5. The SMILES string of the molecule is O=C(CC1SC(=NCCc2ccccc2)NC1=O)Nc1cccc([N+](=O)[O-])c1. The number of carbonyl (C=O) groups excluding carboxylic acids is 2. The Bertz CT molecular complexity index is 917. The third-order valence-corrected chi connectivity index (χ3v) is 5.11. The number of benzene rings is 2. The lowest BCUT2D eigenvalue weighted by molar-refractivity contribution is -0.384. The van der Waals surface area contributed by atoms with Crippen LogP contribution in [0.5, 0.6) is 0 Å². The molecule has 3 rings (SSSR count). The topological polar surface area (TPSA) is 114 Å². The molecule has 9 heteroatoms. The number of carbonyl (C=O) groups is 2. The molecule has 0 aromatic heterocycles. The molecule has 0 bridgehead atoms. The quantitative estimate of drug-likeness (QED) is 0.550. The maximum atomic E-state index is 12.2. The number of aliphatic imine (C=N–C) groups is 1. The number of hydrogen-bond acceptors (Lipinski definition) is 6. The molecule has 1 fully saturated rings. The highest BCUT2D eigenvalue weighted by Crippen LogP contribution is 2.24. The molecule has 0 saturated carbocycles. The minimum Gasteiger partial charge on any atom is -0.326 e. The minimum atomic E-state index is -0.575. The number of anilines is 1. The molecular formula is C19H18N4O4S. The first-order valence-electron chi connectivity index (χ1n) is 8.61. The lowest BCUT2D eigenvalue weighted by Gasteiger charge is -2.07. The van der Waals surface area contributed by atoms with E-state index in [1.165, 1.54) is 30.0 Å². The van der Waals surface area contributed by atoms with Crippen LogP contribution in [0.15, 0.2) is 59.6 Å². The van der Waals surface area contributed by atoms with Crippen molar-refractivity contribution in [2.45, 2.75) is 18.1 Å². The van der Waals surface area contributed by atoms with E-state index < -0.39 is 16.1 Å². The molecule has 2 N–H and O–H groups in total. The number of nitro benzene ring substituents is 1. The third kappa shape index (κ3) is 5.40. The van der Waals surface area contributed by atoms with Crippen LogP contribution in [0.3, 0.4) is 0 Å². The molecule has 2 amide bonds. The molecule has 0 aliphatic carbocycles. The highest BCUT2D eigenvalue weighted by atomic mass is 32.2. The molecule has 1 atom stereocenters. The van der Waals surface area contributed by atoms with Gasteiger partial charge in [-0.1, -0.05) is 48.2 Å². The number of nitrogens with zero attached hydrogens (tertiary/aromatic N) is 2. The number of amidine groups is 1. The fourth-order valence-electron chi connectivity index (χ4n) is 2.62. The third-order valence-electron chi connectivity index (χ3n) is 3.99. The van der Waals surface area contributed by atoms with E-state index in [0.717, 1.165) is 12.0 Å². The van der Waals surface area contributed by atoms with Gasteiger partial charge in [-0.2, -0.15) is 0 Å². The van der Waals surface area contributed by atoms with Crippen molar-refractivity contribution in [1.82, 2.24) is 5.32 Å². The Balaban J connectivity index is 1.51. The van der Waals surface area contributed by atoms with Gasteiger partial charge < -0.3 is 10.6 Å². The van der Waals surface area contributed by atoms with E-state index in [4.69, 9.17) is 0 Å². The maximum Gasteiger partial charge on any atom is 0.271 e. The van der Waals surface area contributed by atoms with Gasteiger partial charge in [0.15, 0.2) is 5.17 Å². The summed E-state index contributed by atoms with van der Waals surface area (Å²) in [4.78, 5) is 38.9. The van der Waals surface area contributed by atoms with Crippen LogP contribution >= 0.6 is 11.8 Å². The van der Waals surface area contributed by atoms with Crippen LogP contribution in [0.2, 0.25) is 0 Å². The molecule has 2 aromatic carbocycles. The van der Waals surface area contributed by atoms with E-state index in [-0.39, 0.29) is 18.0 Å². The molecule has 1 unspecified atom stereocenters. The summed E-state index contributed by atoms with van der Waals surface area (Å²) in [5, 5.41) is 16.0. The van der Waals surface area contributed by atoms with Gasteiger partial charge in [0.25, 0.3) is 5.69 Å². The van der Waals surface area contributed by atoms with Gasteiger partial charge in [0.2, 0.25) is 11.8 Å². The Kier molecular flexibility index (Phi) is 6.38. The van der Waals surface area contributed by atoms with Gasteiger partial charge in [-0.25, -0.2) is 0 Å². The predicted molar refractivity (Wildman–Crippen MR) is 108 cm³/mol. The molecule has 1 aliphatic rings. The highest BCUT2D eigenvalue weighted by molar-refractivity contribution is 8.15. The number of amides is 2. The van der Waals surface area contributed by atoms with Gasteiger partial charge in [0.05, 0.1) is 4.92 Å². The monoisotopic (exact) mass is 398 g/mol. The van der Waals surface area contributed by atoms with Crippen molar-refractivity contribution in [3.8, 4) is 0 Å². The van der Waals surface area contributed by atoms with Crippen LogP contribution in [-0.4, -0.2) is 33.7 Å². The second-order valence-corrected chi connectivity index (χ2v) is 7.27. The first kappa shape index (κ1) is 19.6. The van der Waals surface area contributed by atoms with Gasteiger partial charge in [-0.15, -0.1) is 0 Å². The van der Waals surface area contributed by atoms with Crippen LogP contribution < -0.4 is 10.6 Å². The number of thioether (sulfide) groups is 1. The summed E-state index contributed by atoms with van der Waals surface area (Å²) in [5.74, 6) is -0.656. The zero-order chi connectivity index (χ0) is 19.9. The minimum absolute atomic E-state index is 0.0447. The Morgan fingerprint density at radius 2 is 2.00 bits per heavy atom. The van der Waals surface area contributed by atoms with Crippen molar-refractivity contribution in [1.29, 1.82) is 0 Å². The lowest BCUT2D eigenvalue weighted by atomic mass is 10.2. The average molecular weight is 398 g/mol. The largest absolute Gasteiger partial charge is 0.326 e. The van der Waals surface area contributed by atoms with E-state index in [1.54, 1.807) is 6.07 Å². The van der Waals surface area contributed by atoms with Crippen LogP contribution in [0.1, 0.15) is 12.0 Å². The van der Waals surface area contributed by atoms with Crippen LogP contribution in [0.25, 0.3) is 0 Å². The molecule has 8 nitrogen and oxygen atoms in total. The van der Waals surface area contributed by atoms with Crippen molar-refractivity contribution >= 4 is 40.1 Å². The Morgan fingerprint density at radius 3 is 2.75 bits per heavy atom. The van der Waals surface area contributed by atoms with Gasteiger partial charge in [-0.3, -0.25) is 24.7 Å². The molecule has 0 radical (unpaired) electrons. The standard InChI is InChI=1S/C19H18N4O4S/c24-17(21-14-7-4-8-15(11-14)23(26)27)12-16-18(25)22-19(28-16)20-10-9-13-5-2-1-3-6-13/h1-8,11,16H,9-10,12H2,(H,21,24)(H,20,22,25). The van der Waals surface area contributed by atoms with Crippen molar-refractivity contribution in [3.05, 3.63) is 70.3 Å². The number of non-ortho nitro benzene ring substituents is 1. The van der Waals surface area contributed by atoms with Gasteiger partial charge in [0, 0.05) is 30.8 Å². The fourth-order valence-corrected chi connectivity index (χ4v) is 3.62. The zero-order valence-corrected chi connectivity index (χ0v) is 15.6. The highest BCUT2D eigenvalue weighted by Gasteiger charge is 2.32.